The molecule has 0 unspecified atom stereocenters. The highest BCUT2D eigenvalue weighted by atomic mass is 19.4. The van der Waals surface area contributed by atoms with E-state index in [0.29, 0.717) is 0 Å². The number of benzene rings is 2. The van der Waals surface area contributed by atoms with E-state index in [1.54, 1.807) is 6.08 Å². The largest absolute Gasteiger partial charge is 0.454 e. The van der Waals surface area contributed by atoms with Gasteiger partial charge in [0.05, 0.1) is 0 Å². The molecule has 0 saturated heterocycles. The third-order valence-electron chi connectivity index (χ3n) is 2.70. The summed E-state index contributed by atoms with van der Waals surface area (Å²) < 4.78 is 36.7. The van der Waals surface area contributed by atoms with E-state index in [-0.39, 0.29) is 5.56 Å². The SMILES string of the molecule is O=C(c1ccc(C=Cc2ccccc2)cc1)C(F)(F)F. The van der Waals surface area contributed by atoms with Crippen LogP contribution in [0.1, 0.15) is 21.5 Å². The Hall–Kier alpha value is -2.36. The van der Waals surface area contributed by atoms with E-state index in [2.05, 4.69) is 0 Å². The van der Waals surface area contributed by atoms with Gasteiger partial charge in [0.1, 0.15) is 0 Å². The maximum absolute atomic E-state index is 12.2. The van der Waals surface area contributed by atoms with Crippen LogP contribution >= 0.6 is 0 Å². The van der Waals surface area contributed by atoms with Gasteiger partial charge < -0.3 is 0 Å². The molecule has 2 aromatic rings. The van der Waals surface area contributed by atoms with Crippen LogP contribution in [0.4, 0.5) is 13.2 Å². The summed E-state index contributed by atoms with van der Waals surface area (Å²) in [5.41, 5.74) is 1.37. The number of rotatable bonds is 3. The van der Waals surface area contributed by atoms with E-state index in [4.69, 9.17) is 0 Å². The summed E-state index contributed by atoms with van der Waals surface area (Å²) in [4.78, 5) is 11.0. The summed E-state index contributed by atoms with van der Waals surface area (Å²) >= 11 is 0. The molecule has 0 spiro atoms. The van der Waals surface area contributed by atoms with Crippen LogP contribution in [0.2, 0.25) is 0 Å². The molecule has 0 heterocycles. The quantitative estimate of drug-likeness (QED) is 0.591. The number of Topliss-reactive ketones (excluding diaryl/α,β-unsaturated/α-hetero) is 1. The Morgan fingerprint density at radius 2 is 1.30 bits per heavy atom. The lowest BCUT2D eigenvalue weighted by Crippen LogP contribution is -2.22. The zero-order valence-electron chi connectivity index (χ0n) is 10.4. The minimum absolute atomic E-state index is 0.352. The first-order valence-corrected chi connectivity index (χ1v) is 5.91. The topological polar surface area (TPSA) is 17.1 Å². The third-order valence-corrected chi connectivity index (χ3v) is 2.70. The van der Waals surface area contributed by atoms with Gasteiger partial charge in [-0.15, -0.1) is 0 Å². The molecule has 0 aromatic heterocycles. The van der Waals surface area contributed by atoms with Gasteiger partial charge in [-0.3, -0.25) is 4.79 Å². The molecule has 4 heteroatoms. The van der Waals surface area contributed by atoms with Crippen LogP contribution in [0, 0.1) is 0 Å². The van der Waals surface area contributed by atoms with Crippen molar-refractivity contribution < 1.29 is 18.0 Å². The van der Waals surface area contributed by atoms with Crippen molar-refractivity contribution in [3.63, 3.8) is 0 Å². The maximum Gasteiger partial charge on any atom is 0.454 e. The molecule has 0 aliphatic carbocycles. The van der Waals surface area contributed by atoms with Gasteiger partial charge in [0.2, 0.25) is 0 Å². The van der Waals surface area contributed by atoms with Gasteiger partial charge in [-0.2, -0.15) is 13.2 Å². The number of alkyl halides is 3. The van der Waals surface area contributed by atoms with Crippen molar-refractivity contribution in [2.24, 2.45) is 0 Å². The number of halogens is 3. The van der Waals surface area contributed by atoms with Crippen LogP contribution in [0.15, 0.2) is 54.6 Å². The molecule has 0 amide bonds. The van der Waals surface area contributed by atoms with E-state index >= 15 is 0 Å². The fourth-order valence-electron chi connectivity index (χ4n) is 1.67. The normalized spacial score (nSPS) is 11.8. The van der Waals surface area contributed by atoms with Gasteiger partial charge in [-0.25, -0.2) is 0 Å². The highest BCUT2D eigenvalue weighted by Crippen LogP contribution is 2.21. The number of carbonyl (C=O) groups is 1. The van der Waals surface area contributed by atoms with Crippen molar-refractivity contribution in [2.75, 3.05) is 0 Å². The van der Waals surface area contributed by atoms with Crippen molar-refractivity contribution >= 4 is 17.9 Å². The zero-order valence-corrected chi connectivity index (χ0v) is 10.4. The molecule has 0 atom stereocenters. The zero-order chi connectivity index (χ0) is 14.6. The fourth-order valence-corrected chi connectivity index (χ4v) is 1.67. The Kier molecular flexibility index (Phi) is 4.03. The van der Waals surface area contributed by atoms with Gasteiger partial charge in [-0.05, 0) is 11.1 Å². The summed E-state index contributed by atoms with van der Waals surface area (Å²) in [5.74, 6) is -1.82. The standard InChI is InChI=1S/C16H11F3O/c17-16(18,19)15(20)14-10-8-13(9-11-14)7-6-12-4-2-1-3-5-12/h1-11H. The van der Waals surface area contributed by atoms with Gasteiger partial charge >= 0.3 is 6.18 Å². The molecule has 0 aliphatic heterocycles. The van der Waals surface area contributed by atoms with Crippen molar-refractivity contribution in [2.45, 2.75) is 6.18 Å². The summed E-state index contributed by atoms with van der Waals surface area (Å²) in [5, 5.41) is 0. The number of carbonyl (C=O) groups excluding carboxylic acids is 1. The van der Waals surface area contributed by atoms with Crippen LogP contribution in [0.5, 0.6) is 0 Å². The molecule has 0 fully saturated rings. The molecule has 20 heavy (non-hydrogen) atoms. The van der Waals surface area contributed by atoms with Crippen LogP contribution in [0.25, 0.3) is 12.2 Å². The molecular weight excluding hydrogens is 265 g/mol. The Balaban J connectivity index is 2.13. The van der Waals surface area contributed by atoms with Gasteiger partial charge in [-0.1, -0.05) is 66.7 Å². The summed E-state index contributed by atoms with van der Waals surface area (Å²) in [6.07, 6.45) is -1.21. The Morgan fingerprint density at radius 1 is 0.800 bits per heavy atom. The molecule has 0 bridgehead atoms. The Bertz CT molecular complexity index is 610. The number of hydrogen-bond donors (Lipinski definition) is 0. The summed E-state index contributed by atoms with van der Waals surface area (Å²) in [7, 11) is 0. The van der Waals surface area contributed by atoms with E-state index in [0.717, 1.165) is 11.1 Å². The number of hydrogen-bond acceptors (Lipinski definition) is 1. The van der Waals surface area contributed by atoms with E-state index in [1.165, 1.54) is 24.3 Å². The Labute approximate surface area is 114 Å². The van der Waals surface area contributed by atoms with Crippen LogP contribution in [-0.4, -0.2) is 12.0 Å². The molecule has 0 radical (unpaired) electrons. The van der Waals surface area contributed by atoms with Crippen molar-refractivity contribution in [3.05, 3.63) is 71.3 Å². The van der Waals surface area contributed by atoms with Crippen LogP contribution in [0.3, 0.4) is 0 Å². The molecule has 0 N–H and O–H groups in total. The average Bonchev–Trinajstić information content (AvgIpc) is 2.45. The second-order valence-corrected chi connectivity index (χ2v) is 4.19. The first-order chi connectivity index (χ1) is 9.47. The minimum Gasteiger partial charge on any atom is -0.284 e. The van der Waals surface area contributed by atoms with E-state index in [9.17, 15) is 18.0 Å². The van der Waals surface area contributed by atoms with Crippen molar-refractivity contribution in [1.29, 1.82) is 0 Å². The molecule has 1 nitrogen and oxygen atoms in total. The van der Waals surface area contributed by atoms with E-state index in [1.807, 2.05) is 36.4 Å². The smallest absolute Gasteiger partial charge is 0.284 e. The van der Waals surface area contributed by atoms with E-state index < -0.39 is 12.0 Å². The highest BCUT2D eigenvalue weighted by molar-refractivity contribution is 6.00. The molecule has 0 saturated carbocycles. The molecule has 2 aromatic carbocycles. The monoisotopic (exact) mass is 276 g/mol. The molecular formula is C16H11F3O. The Morgan fingerprint density at radius 3 is 1.80 bits per heavy atom. The predicted octanol–water partition coefficient (Wildman–Crippen LogP) is 4.60. The molecule has 0 aliphatic rings. The second-order valence-electron chi connectivity index (χ2n) is 4.19. The second kappa shape index (κ2) is 5.74. The predicted molar refractivity (Wildman–Crippen MR) is 72.2 cm³/mol. The fraction of sp³-hybridized carbons (Fsp3) is 0.0625. The lowest BCUT2D eigenvalue weighted by molar-refractivity contribution is -0.0885. The van der Waals surface area contributed by atoms with Gasteiger partial charge in [0.15, 0.2) is 0 Å². The van der Waals surface area contributed by atoms with Crippen LogP contribution in [-0.2, 0) is 0 Å². The lowest BCUT2D eigenvalue weighted by Gasteiger charge is -2.04. The minimum atomic E-state index is -4.83. The average molecular weight is 276 g/mol. The number of ketones is 1. The first kappa shape index (κ1) is 14.1. The summed E-state index contributed by atoms with van der Waals surface area (Å²) in [6, 6.07) is 14.8. The highest BCUT2D eigenvalue weighted by Gasteiger charge is 2.38. The van der Waals surface area contributed by atoms with Gasteiger partial charge in [0.25, 0.3) is 5.78 Å². The van der Waals surface area contributed by atoms with Crippen LogP contribution < -0.4 is 0 Å². The summed E-state index contributed by atoms with van der Waals surface area (Å²) in [6.45, 7) is 0. The lowest BCUT2D eigenvalue weighted by atomic mass is 10.1. The maximum atomic E-state index is 12.2. The van der Waals surface area contributed by atoms with Crippen molar-refractivity contribution in [1.82, 2.24) is 0 Å². The molecule has 102 valence electrons. The first-order valence-electron chi connectivity index (χ1n) is 5.91. The van der Waals surface area contributed by atoms with Gasteiger partial charge in [0, 0.05) is 5.56 Å². The third kappa shape index (κ3) is 3.57. The van der Waals surface area contributed by atoms with Crippen molar-refractivity contribution in [3.8, 4) is 0 Å². The molecule has 2 rings (SSSR count).